The Labute approximate surface area is 141 Å². The van der Waals surface area contributed by atoms with Gasteiger partial charge in [0.15, 0.2) is 0 Å². The summed E-state index contributed by atoms with van der Waals surface area (Å²) >= 11 is 0. The summed E-state index contributed by atoms with van der Waals surface area (Å²) in [4.78, 5) is 36.8. The summed E-state index contributed by atoms with van der Waals surface area (Å²) in [5.74, 6) is -0.938. The molecule has 0 aromatic heterocycles. The van der Waals surface area contributed by atoms with E-state index in [1.54, 1.807) is 20.8 Å². The van der Waals surface area contributed by atoms with Crippen LogP contribution in [0.3, 0.4) is 0 Å². The molecular formula is C17H24N2O5. The molecule has 0 saturated carbocycles. The lowest BCUT2D eigenvalue weighted by atomic mass is 10.2. The van der Waals surface area contributed by atoms with Crippen molar-refractivity contribution >= 4 is 18.0 Å². The molecule has 0 saturated heterocycles. The van der Waals surface area contributed by atoms with Gasteiger partial charge in [-0.05, 0) is 26.3 Å². The number of esters is 1. The number of carbonyl (C=O) groups excluding carboxylic acids is 3. The Kier molecular flexibility index (Phi) is 7.23. The first-order valence-corrected chi connectivity index (χ1v) is 7.56. The van der Waals surface area contributed by atoms with E-state index in [9.17, 15) is 14.4 Å². The molecule has 0 aliphatic heterocycles. The van der Waals surface area contributed by atoms with Gasteiger partial charge in [0.05, 0.1) is 7.11 Å². The minimum atomic E-state index is -0.687. The Bertz CT molecular complexity index is 566. The van der Waals surface area contributed by atoms with E-state index in [0.717, 1.165) is 5.56 Å². The summed E-state index contributed by atoms with van der Waals surface area (Å²) in [6.07, 6.45) is -0.687. The zero-order valence-corrected chi connectivity index (χ0v) is 14.5. The van der Waals surface area contributed by atoms with Gasteiger partial charge < -0.3 is 19.7 Å². The molecule has 0 aliphatic carbocycles. The first-order chi connectivity index (χ1) is 11.2. The number of methoxy groups -OCH3 is 1. The van der Waals surface area contributed by atoms with Crippen LogP contribution in [0.1, 0.15) is 26.3 Å². The molecular weight excluding hydrogens is 312 g/mol. The fourth-order valence-corrected chi connectivity index (χ4v) is 1.83. The van der Waals surface area contributed by atoms with Crippen LogP contribution in [0.5, 0.6) is 0 Å². The van der Waals surface area contributed by atoms with Gasteiger partial charge in [-0.15, -0.1) is 0 Å². The molecule has 0 fully saturated rings. The van der Waals surface area contributed by atoms with E-state index in [2.05, 4.69) is 10.1 Å². The van der Waals surface area contributed by atoms with Crippen LogP contribution < -0.4 is 5.32 Å². The van der Waals surface area contributed by atoms with E-state index >= 15 is 0 Å². The Morgan fingerprint density at radius 3 is 2.29 bits per heavy atom. The van der Waals surface area contributed by atoms with Crippen molar-refractivity contribution in [3.63, 3.8) is 0 Å². The molecule has 0 spiro atoms. The SMILES string of the molecule is COC(=O)CN(Cc1ccccc1)C(=O)CNC(=O)OC(C)(C)C. The Balaban J connectivity index is 2.66. The quantitative estimate of drug-likeness (QED) is 0.800. The molecule has 2 amide bonds. The van der Waals surface area contributed by atoms with Crippen molar-refractivity contribution < 1.29 is 23.9 Å². The number of nitrogens with zero attached hydrogens (tertiary/aromatic N) is 1. The maximum atomic E-state index is 12.3. The van der Waals surface area contributed by atoms with Crippen molar-refractivity contribution in [3.05, 3.63) is 35.9 Å². The van der Waals surface area contributed by atoms with Gasteiger partial charge in [-0.1, -0.05) is 30.3 Å². The molecule has 0 unspecified atom stereocenters. The molecule has 7 heteroatoms. The second-order valence-corrected chi connectivity index (χ2v) is 6.17. The molecule has 7 nitrogen and oxygen atoms in total. The van der Waals surface area contributed by atoms with Gasteiger partial charge >= 0.3 is 12.1 Å². The van der Waals surface area contributed by atoms with Gasteiger partial charge in [-0.25, -0.2) is 4.79 Å². The maximum Gasteiger partial charge on any atom is 0.408 e. The highest BCUT2D eigenvalue weighted by Crippen LogP contribution is 2.07. The van der Waals surface area contributed by atoms with Crippen LogP contribution in [0, 0.1) is 0 Å². The van der Waals surface area contributed by atoms with E-state index in [0.29, 0.717) is 0 Å². The zero-order chi connectivity index (χ0) is 18.2. The Morgan fingerprint density at radius 2 is 1.75 bits per heavy atom. The van der Waals surface area contributed by atoms with Crippen LogP contribution in [-0.4, -0.2) is 48.7 Å². The highest BCUT2D eigenvalue weighted by atomic mass is 16.6. The molecule has 24 heavy (non-hydrogen) atoms. The molecule has 0 heterocycles. The zero-order valence-electron chi connectivity index (χ0n) is 14.5. The van der Waals surface area contributed by atoms with E-state index in [1.807, 2.05) is 30.3 Å². The van der Waals surface area contributed by atoms with Crippen LogP contribution in [0.2, 0.25) is 0 Å². The number of hydrogen-bond donors (Lipinski definition) is 1. The fraction of sp³-hybridized carbons (Fsp3) is 0.471. The highest BCUT2D eigenvalue weighted by Gasteiger charge is 2.21. The monoisotopic (exact) mass is 336 g/mol. The van der Waals surface area contributed by atoms with Crippen LogP contribution in [0.25, 0.3) is 0 Å². The smallest absolute Gasteiger partial charge is 0.408 e. The molecule has 0 aliphatic rings. The van der Waals surface area contributed by atoms with Crippen molar-refractivity contribution in [1.82, 2.24) is 10.2 Å². The summed E-state index contributed by atoms with van der Waals surface area (Å²) in [5.41, 5.74) is 0.218. The largest absolute Gasteiger partial charge is 0.468 e. The number of rotatable bonds is 6. The van der Waals surface area contributed by atoms with E-state index in [1.165, 1.54) is 12.0 Å². The van der Waals surface area contributed by atoms with Gasteiger partial charge in [0.25, 0.3) is 0 Å². The second-order valence-electron chi connectivity index (χ2n) is 6.17. The number of alkyl carbamates (subject to hydrolysis) is 1. The second kappa shape index (κ2) is 8.90. The minimum Gasteiger partial charge on any atom is -0.468 e. The summed E-state index contributed by atoms with van der Waals surface area (Å²) in [6.45, 7) is 4.97. The number of benzene rings is 1. The summed E-state index contributed by atoms with van der Waals surface area (Å²) in [5, 5.41) is 2.39. The number of carbonyl (C=O) groups is 3. The first-order valence-electron chi connectivity index (χ1n) is 7.56. The molecule has 1 aromatic rings. The van der Waals surface area contributed by atoms with Crippen LogP contribution in [-0.2, 0) is 25.6 Å². The predicted molar refractivity (Wildman–Crippen MR) is 88.1 cm³/mol. The molecule has 132 valence electrons. The number of amides is 2. The average molecular weight is 336 g/mol. The van der Waals surface area contributed by atoms with Gasteiger partial charge in [-0.2, -0.15) is 0 Å². The molecule has 1 aromatic carbocycles. The Hall–Kier alpha value is -2.57. The number of nitrogens with one attached hydrogen (secondary N) is 1. The van der Waals surface area contributed by atoms with E-state index < -0.39 is 23.6 Å². The Morgan fingerprint density at radius 1 is 1.12 bits per heavy atom. The maximum absolute atomic E-state index is 12.3. The van der Waals surface area contributed by atoms with Gasteiger partial charge in [0.1, 0.15) is 18.7 Å². The third-order valence-electron chi connectivity index (χ3n) is 2.90. The molecule has 1 rings (SSSR count). The lowest BCUT2D eigenvalue weighted by Crippen LogP contribution is -2.43. The predicted octanol–water partition coefficient (Wildman–Crippen LogP) is 1.71. The summed E-state index contributed by atoms with van der Waals surface area (Å²) < 4.78 is 9.69. The van der Waals surface area contributed by atoms with E-state index in [4.69, 9.17) is 4.74 Å². The van der Waals surface area contributed by atoms with Crippen molar-refractivity contribution in [1.29, 1.82) is 0 Å². The van der Waals surface area contributed by atoms with Gasteiger partial charge in [-0.3, -0.25) is 9.59 Å². The van der Waals surface area contributed by atoms with Crippen molar-refractivity contribution in [3.8, 4) is 0 Å². The molecule has 0 atom stereocenters. The lowest BCUT2D eigenvalue weighted by Gasteiger charge is -2.23. The fourth-order valence-electron chi connectivity index (χ4n) is 1.83. The standard InChI is InChI=1S/C17H24N2O5/c1-17(2,3)24-16(22)18-10-14(20)19(12-15(21)23-4)11-13-8-6-5-7-9-13/h5-9H,10-12H2,1-4H3,(H,18,22). The van der Waals surface area contributed by atoms with Crippen LogP contribution in [0.15, 0.2) is 30.3 Å². The number of hydrogen-bond acceptors (Lipinski definition) is 5. The van der Waals surface area contributed by atoms with Crippen molar-refractivity contribution in [2.45, 2.75) is 32.9 Å². The van der Waals surface area contributed by atoms with Crippen molar-refractivity contribution in [2.75, 3.05) is 20.2 Å². The van der Waals surface area contributed by atoms with Gasteiger partial charge in [0.2, 0.25) is 5.91 Å². The van der Waals surface area contributed by atoms with E-state index in [-0.39, 0.29) is 19.6 Å². The van der Waals surface area contributed by atoms with Gasteiger partial charge in [0, 0.05) is 6.54 Å². The minimum absolute atomic E-state index is 0.194. The van der Waals surface area contributed by atoms with Crippen LogP contribution in [0.4, 0.5) is 4.79 Å². The molecule has 1 N–H and O–H groups in total. The lowest BCUT2D eigenvalue weighted by molar-refractivity contribution is -0.147. The normalized spacial score (nSPS) is 10.7. The third-order valence-corrected chi connectivity index (χ3v) is 2.90. The third kappa shape index (κ3) is 7.62. The molecule has 0 bridgehead atoms. The summed E-state index contributed by atoms with van der Waals surface area (Å²) in [6, 6.07) is 9.24. The highest BCUT2D eigenvalue weighted by molar-refractivity contribution is 5.85. The number of ether oxygens (including phenoxy) is 2. The van der Waals surface area contributed by atoms with Crippen molar-refractivity contribution in [2.24, 2.45) is 0 Å². The molecule has 0 radical (unpaired) electrons. The average Bonchev–Trinajstić information content (AvgIpc) is 2.51. The summed E-state index contributed by atoms with van der Waals surface area (Å²) in [7, 11) is 1.26. The van der Waals surface area contributed by atoms with Crippen LogP contribution >= 0.6 is 0 Å². The topological polar surface area (TPSA) is 84.9 Å². The first kappa shape index (κ1) is 19.5.